The first-order chi connectivity index (χ1) is 13.3. The van der Waals surface area contributed by atoms with Gasteiger partial charge in [0.15, 0.2) is 18.1 Å². The van der Waals surface area contributed by atoms with Crippen molar-refractivity contribution in [2.24, 2.45) is 0 Å². The minimum absolute atomic E-state index is 0.0791. The number of carbonyl (C=O) groups excluding carboxylic acids is 2. The standard InChI is InChI=1S/C19H21N3O6/c1-21(2)18(23)12-28-16-9-4-13(10-17(16)27-3)11-20-19(24)14-5-7-15(8-6-14)22(25)26/h4-10H,11-12H2,1-3H3,(H,20,24). The van der Waals surface area contributed by atoms with Crippen LogP contribution < -0.4 is 14.8 Å². The zero-order chi connectivity index (χ0) is 20.7. The number of hydrogen-bond acceptors (Lipinski definition) is 6. The van der Waals surface area contributed by atoms with Crippen molar-refractivity contribution in [3.05, 3.63) is 63.7 Å². The smallest absolute Gasteiger partial charge is 0.269 e. The van der Waals surface area contributed by atoms with Gasteiger partial charge in [-0.3, -0.25) is 19.7 Å². The molecule has 0 aliphatic heterocycles. The molecule has 0 aliphatic carbocycles. The first-order valence-electron chi connectivity index (χ1n) is 8.34. The Bertz CT molecular complexity index is 864. The molecule has 9 nitrogen and oxygen atoms in total. The molecule has 0 heterocycles. The summed E-state index contributed by atoms with van der Waals surface area (Å²) in [6.45, 7) is 0.114. The summed E-state index contributed by atoms with van der Waals surface area (Å²) < 4.78 is 10.8. The molecule has 0 radical (unpaired) electrons. The normalized spacial score (nSPS) is 10.1. The molecule has 9 heteroatoms. The van der Waals surface area contributed by atoms with Gasteiger partial charge in [0.25, 0.3) is 17.5 Å². The Hall–Kier alpha value is -3.62. The van der Waals surface area contributed by atoms with Crippen LogP contribution >= 0.6 is 0 Å². The third-order valence-electron chi connectivity index (χ3n) is 3.87. The number of nitro groups is 1. The molecule has 1 N–H and O–H groups in total. The van der Waals surface area contributed by atoms with Crippen LogP contribution in [0.4, 0.5) is 5.69 Å². The van der Waals surface area contributed by atoms with Crippen LogP contribution in [0.1, 0.15) is 15.9 Å². The highest BCUT2D eigenvalue weighted by atomic mass is 16.6. The molecule has 0 aliphatic rings. The van der Waals surface area contributed by atoms with Crippen molar-refractivity contribution >= 4 is 17.5 Å². The topological polar surface area (TPSA) is 111 Å². The molecule has 0 fully saturated rings. The van der Waals surface area contributed by atoms with Gasteiger partial charge in [-0.2, -0.15) is 0 Å². The van der Waals surface area contributed by atoms with Crippen molar-refractivity contribution in [1.29, 1.82) is 0 Å². The van der Waals surface area contributed by atoms with Gasteiger partial charge in [0.2, 0.25) is 0 Å². The maximum Gasteiger partial charge on any atom is 0.269 e. The third-order valence-corrected chi connectivity index (χ3v) is 3.87. The molecule has 2 amide bonds. The number of methoxy groups -OCH3 is 1. The van der Waals surface area contributed by atoms with E-state index < -0.39 is 4.92 Å². The lowest BCUT2D eigenvalue weighted by atomic mass is 10.1. The maximum absolute atomic E-state index is 12.2. The molecule has 2 aromatic carbocycles. The number of non-ortho nitro benzene ring substituents is 1. The van der Waals surface area contributed by atoms with Gasteiger partial charge < -0.3 is 19.7 Å². The van der Waals surface area contributed by atoms with Gasteiger partial charge in [-0.25, -0.2) is 0 Å². The van der Waals surface area contributed by atoms with E-state index >= 15 is 0 Å². The molecule has 0 aromatic heterocycles. The monoisotopic (exact) mass is 387 g/mol. The van der Waals surface area contributed by atoms with E-state index in [2.05, 4.69) is 5.32 Å². The number of benzene rings is 2. The van der Waals surface area contributed by atoms with Crippen LogP contribution in [0.15, 0.2) is 42.5 Å². The van der Waals surface area contributed by atoms with Crippen molar-refractivity contribution in [2.75, 3.05) is 27.8 Å². The second-order valence-corrected chi connectivity index (χ2v) is 6.05. The van der Waals surface area contributed by atoms with Crippen LogP contribution in [0.3, 0.4) is 0 Å². The van der Waals surface area contributed by atoms with E-state index in [-0.39, 0.29) is 30.7 Å². The van der Waals surface area contributed by atoms with E-state index in [1.54, 1.807) is 32.3 Å². The first-order valence-corrected chi connectivity index (χ1v) is 8.34. The average Bonchev–Trinajstić information content (AvgIpc) is 2.70. The SMILES string of the molecule is COc1cc(CNC(=O)c2ccc([N+](=O)[O-])cc2)ccc1OCC(=O)N(C)C. The van der Waals surface area contributed by atoms with Gasteiger partial charge in [-0.05, 0) is 29.8 Å². The molecule has 2 rings (SSSR count). The quantitative estimate of drug-likeness (QED) is 0.548. The van der Waals surface area contributed by atoms with Gasteiger partial charge in [-0.1, -0.05) is 6.07 Å². The Kier molecular flexibility index (Phi) is 6.91. The number of nitro benzene ring substituents is 1. The zero-order valence-electron chi connectivity index (χ0n) is 15.8. The Morgan fingerprint density at radius 1 is 1.11 bits per heavy atom. The molecule has 0 atom stereocenters. The Balaban J connectivity index is 1.99. The Morgan fingerprint density at radius 3 is 2.36 bits per heavy atom. The lowest BCUT2D eigenvalue weighted by Gasteiger charge is -2.14. The van der Waals surface area contributed by atoms with E-state index in [0.29, 0.717) is 17.1 Å². The molecular formula is C19H21N3O6. The second-order valence-electron chi connectivity index (χ2n) is 6.05. The van der Waals surface area contributed by atoms with Crippen LogP contribution in [0.2, 0.25) is 0 Å². The highest BCUT2D eigenvalue weighted by Crippen LogP contribution is 2.28. The Labute approximate surface area is 162 Å². The predicted molar refractivity (Wildman–Crippen MR) is 101 cm³/mol. The summed E-state index contributed by atoms with van der Waals surface area (Å²) in [5.74, 6) is 0.323. The third kappa shape index (κ3) is 5.44. The number of likely N-dealkylation sites (N-methyl/N-ethyl adjacent to an activating group) is 1. The number of hydrogen-bond donors (Lipinski definition) is 1. The summed E-state index contributed by atoms with van der Waals surface area (Å²) in [7, 11) is 4.76. The van der Waals surface area contributed by atoms with Crippen LogP contribution in [-0.2, 0) is 11.3 Å². The van der Waals surface area contributed by atoms with Crippen LogP contribution in [0.25, 0.3) is 0 Å². The van der Waals surface area contributed by atoms with E-state index in [4.69, 9.17) is 9.47 Å². The van der Waals surface area contributed by atoms with Crippen LogP contribution in [-0.4, -0.2) is 49.4 Å². The predicted octanol–water partition coefficient (Wildman–Crippen LogP) is 2.00. The molecule has 148 valence electrons. The molecule has 0 saturated heterocycles. The average molecular weight is 387 g/mol. The number of nitrogens with one attached hydrogen (secondary N) is 1. The number of carbonyl (C=O) groups is 2. The van der Waals surface area contributed by atoms with Crippen molar-refractivity contribution in [3.63, 3.8) is 0 Å². The summed E-state index contributed by atoms with van der Waals surface area (Å²) in [6, 6.07) is 10.5. The lowest BCUT2D eigenvalue weighted by Crippen LogP contribution is -2.27. The fourth-order valence-corrected chi connectivity index (χ4v) is 2.23. The molecule has 0 spiro atoms. The lowest BCUT2D eigenvalue weighted by molar-refractivity contribution is -0.384. The van der Waals surface area contributed by atoms with E-state index in [9.17, 15) is 19.7 Å². The van der Waals surface area contributed by atoms with E-state index in [0.717, 1.165) is 5.56 Å². The van der Waals surface area contributed by atoms with Gasteiger partial charge in [0, 0.05) is 38.3 Å². The number of rotatable bonds is 8. The highest BCUT2D eigenvalue weighted by Gasteiger charge is 2.12. The maximum atomic E-state index is 12.2. The van der Waals surface area contributed by atoms with Gasteiger partial charge in [-0.15, -0.1) is 0 Å². The second kappa shape index (κ2) is 9.36. The van der Waals surface area contributed by atoms with Crippen LogP contribution in [0, 0.1) is 10.1 Å². The summed E-state index contributed by atoms with van der Waals surface area (Å²) in [4.78, 5) is 35.4. The number of nitrogens with zero attached hydrogens (tertiary/aromatic N) is 2. The summed E-state index contributed by atoms with van der Waals surface area (Å²) in [5.41, 5.74) is 1.00. The molecule has 2 aromatic rings. The minimum atomic E-state index is -0.524. The van der Waals surface area contributed by atoms with Crippen molar-refractivity contribution in [2.45, 2.75) is 6.54 Å². The van der Waals surface area contributed by atoms with E-state index in [1.807, 2.05) is 0 Å². The molecule has 0 saturated carbocycles. The van der Waals surface area contributed by atoms with Crippen molar-refractivity contribution in [3.8, 4) is 11.5 Å². The van der Waals surface area contributed by atoms with Crippen LogP contribution in [0.5, 0.6) is 11.5 Å². The fourth-order valence-electron chi connectivity index (χ4n) is 2.23. The summed E-state index contributed by atoms with van der Waals surface area (Å²) >= 11 is 0. The molecule has 0 unspecified atom stereocenters. The summed E-state index contributed by atoms with van der Waals surface area (Å²) in [6.07, 6.45) is 0. The zero-order valence-corrected chi connectivity index (χ0v) is 15.8. The number of amides is 2. The van der Waals surface area contributed by atoms with Crippen molar-refractivity contribution in [1.82, 2.24) is 10.2 Å². The molecular weight excluding hydrogens is 366 g/mol. The van der Waals surface area contributed by atoms with Gasteiger partial charge in [0.05, 0.1) is 12.0 Å². The van der Waals surface area contributed by atoms with Gasteiger partial charge in [0.1, 0.15) is 0 Å². The minimum Gasteiger partial charge on any atom is -0.493 e. The summed E-state index contributed by atoms with van der Waals surface area (Å²) in [5, 5.41) is 13.4. The molecule has 28 heavy (non-hydrogen) atoms. The Morgan fingerprint density at radius 2 is 1.79 bits per heavy atom. The highest BCUT2D eigenvalue weighted by molar-refractivity contribution is 5.94. The largest absolute Gasteiger partial charge is 0.493 e. The fraction of sp³-hybridized carbons (Fsp3) is 0.263. The van der Waals surface area contributed by atoms with E-state index in [1.165, 1.54) is 36.3 Å². The van der Waals surface area contributed by atoms with Crippen molar-refractivity contribution < 1.29 is 24.0 Å². The first kappa shape index (κ1) is 20.7. The number of ether oxygens (including phenoxy) is 2. The van der Waals surface area contributed by atoms with Gasteiger partial charge >= 0.3 is 0 Å². The molecule has 0 bridgehead atoms.